The third-order valence-corrected chi connectivity index (χ3v) is 10.1. The summed E-state index contributed by atoms with van der Waals surface area (Å²) in [6, 6.07) is 12.5. The number of sulfone groups is 1. The standard InChI is InChI=1S/C32H39N5O4S/c1-6-36-15-12-25(13-16-36)42(39,40)26-8-9-28-27(19-26)30(11-14-33-28)41-29-10-7-23(17-22(29)2)18-31(38)35-24-20-34-37(21-24)32(3,4)5/h7-11,14,17,19-21,25H,6,12-13,15-16,18H2,1-5H3,(H,35,38). The zero-order valence-corrected chi connectivity index (χ0v) is 25.7. The van der Waals surface area contributed by atoms with E-state index >= 15 is 0 Å². The molecule has 1 aliphatic heterocycles. The molecule has 9 nitrogen and oxygen atoms in total. The number of ether oxygens (including phenoxy) is 1. The number of fused-ring (bicyclic) bond motifs is 1. The molecule has 0 unspecified atom stereocenters. The molecule has 1 amide bonds. The number of hydrogen-bond donors (Lipinski definition) is 1. The van der Waals surface area contributed by atoms with Gasteiger partial charge in [0.2, 0.25) is 5.91 Å². The number of carbonyl (C=O) groups is 1. The van der Waals surface area contributed by atoms with Gasteiger partial charge in [-0.05, 0) is 102 Å². The lowest BCUT2D eigenvalue weighted by Gasteiger charge is -2.30. The number of piperidine rings is 1. The first-order valence-electron chi connectivity index (χ1n) is 14.4. The van der Waals surface area contributed by atoms with Crippen LogP contribution < -0.4 is 10.1 Å². The molecule has 1 aliphatic rings. The normalized spacial score (nSPS) is 15.2. The van der Waals surface area contributed by atoms with Gasteiger partial charge < -0.3 is 15.0 Å². The van der Waals surface area contributed by atoms with Crippen molar-refractivity contribution in [3.63, 3.8) is 0 Å². The van der Waals surface area contributed by atoms with Gasteiger partial charge >= 0.3 is 0 Å². The molecule has 2 aromatic heterocycles. The number of anilines is 1. The molecule has 1 saturated heterocycles. The molecule has 2 aromatic carbocycles. The van der Waals surface area contributed by atoms with E-state index in [1.807, 2.05) is 56.8 Å². The van der Waals surface area contributed by atoms with Gasteiger partial charge in [0.05, 0.1) is 39.5 Å². The summed E-state index contributed by atoms with van der Waals surface area (Å²) in [6.07, 6.45) is 6.60. The van der Waals surface area contributed by atoms with Gasteiger partial charge in [0.25, 0.3) is 0 Å². The maximum absolute atomic E-state index is 13.5. The topological polar surface area (TPSA) is 106 Å². The molecule has 0 spiro atoms. The fraction of sp³-hybridized carbons (Fsp3) is 0.406. The Morgan fingerprint density at radius 3 is 2.50 bits per heavy atom. The number of amides is 1. The summed E-state index contributed by atoms with van der Waals surface area (Å²) in [7, 11) is -3.48. The van der Waals surface area contributed by atoms with Gasteiger partial charge in [0.1, 0.15) is 11.5 Å². The van der Waals surface area contributed by atoms with Crippen LogP contribution in [0.25, 0.3) is 10.9 Å². The average Bonchev–Trinajstić information content (AvgIpc) is 3.43. The molecule has 4 aromatic rings. The largest absolute Gasteiger partial charge is 0.456 e. The average molecular weight is 590 g/mol. The number of carbonyl (C=O) groups excluding carboxylic acids is 1. The summed E-state index contributed by atoms with van der Waals surface area (Å²) in [5, 5.41) is 7.49. The smallest absolute Gasteiger partial charge is 0.228 e. The van der Waals surface area contributed by atoms with E-state index in [1.165, 1.54) is 0 Å². The predicted octanol–water partition coefficient (Wildman–Crippen LogP) is 5.73. The highest BCUT2D eigenvalue weighted by molar-refractivity contribution is 7.92. The van der Waals surface area contributed by atoms with Gasteiger partial charge in [0, 0.05) is 17.8 Å². The van der Waals surface area contributed by atoms with Gasteiger partial charge in [-0.3, -0.25) is 14.5 Å². The molecule has 5 rings (SSSR count). The molecular formula is C32H39N5O4S. The second kappa shape index (κ2) is 11.9. The number of hydrogen-bond acceptors (Lipinski definition) is 7. The molecule has 1 fully saturated rings. The van der Waals surface area contributed by atoms with Crippen LogP contribution in [0, 0.1) is 6.92 Å². The van der Waals surface area contributed by atoms with Crippen molar-refractivity contribution in [2.45, 2.75) is 69.6 Å². The van der Waals surface area contributed by atoms with Crippen molar-refractivity contribution in [1.29, 1.82) is 0 Å². The van der Waals surface area contributed by atoms with E-state index in [0.717, 1.165) is 30.8 Å². The first-order valence-corrected chi connectivity index (χ1v) is 16.0. The number of nitrogens with zero attached hydrogens (tertiary/aromatic N) is 4. The van der Waals surface area contributed by atoms with Crippen molar-refractivity contribution in [3.05, 3.63) is 72.2 Å². The van der Waals surface area contributed by atoms with Crippen LogP contribution in [0.1, 0.15) is 51.7 Å². The molecule has 0 aliphatic carbocycles. The SMILES string of the molecule is CCN1CCC(S(=O)(=O)c2ccc3nccc(Oc4ccc(CC(=O)Nc5cnn(C(C)(C)C)c5)cc4C)c3c2)CC1. The van der Waals surface area contributed by atoms with Crippen LogP contribution >= 0.6 is 0 Å². The Hall–Kier alpha value is -3.76. The molecule has 0 bridgehead atoms. The summed E-state index contributed by atoms with van der Waals surface area (Å²) >= 11 is 0. The van der Waals surface area contributed by atoms with Crippen molar-refractivity contribution in [2.75, 3.05) is 25.0 Å². The van der Waals surface area contributed by atoms with Crippen LogP contribution in [0.15, 0.2) is 66.0 Å². The highest BCUT2D eigenvalue weighted by Gasteiger charge is 2.31. The number of nitrogens with one attached hydrogen (secondary N) is 1. The lowest BCUT2D eigenvalue weighted by Crippen LogP contribution is -2.39. The number of rotatable bonds is 8. The van der Waals surface area contributed by atoms with E-state index < -0.39 is 9.84 Å². The van der Waals surface area contributed by atoms with Gasteiger partial charge in [-0.2, -0.15) is 5.10 Å². The van der Waals surface area contributed by atoms with Crippen LogP contribution in [0.3, 0.4) is 0 Å². The van der Waals surface area contributed by atoms with Crippen LogP contribution in [0.2, 0.25) is 0 Å². The molecule has 42 heavy (non-hydrogen) atoms. The zero-order valence-electron chi connectivity index (χ0n) is 24.9. The van der Waals surface area contributed by atoms with E-state index in [1.54, 1.807) is 36.7 Å². The second-order valence-corrected chi connectivity index (χ2v) is 14.2. The van der Waals surface area contributed by atoms with E-state index in [4.69, 9.17) is 4.74 Å². The van der Waals surface area contributed by atoms with Crippen molar-refractivity contribution >= 4 is 32.3 Å². The van der Waals surface area contributed by atoms with E-state index in [0.29, 0.717) is 45.8 Å². The zero-order chi connectivity index (χ0) is 30.1. The first kappa shape index (κ1) is 29.7. The highest BCUT2D eigenvalue weighted by Crippen LogP contribution is 2.34. The molecule has 10 heteroatoms. The van der Waals surface area contributed by atoms with Gasteiger partial charge in [-0.25, -0.2) is 8.42 Å². The minimum Gasteiger partial charge on any atom is -0.456 e. The number of aryl methyl sites for hydroxylation is 1. The predicted molar refractivity (Wildman–Crippen MR) is 165 cm³/mol. The molecule has 0 atom stereocenters. The van der Waals surface area contributed by atoms with Crippen LogP contribution in [-0.2, 0) is 26.6 Å². The molecule has 1 N–H and O–H groups in total. The molecule has 0 radical (unpaired) electrons. The quantitative estimate of drug-likeness (QED) is 0.280. The van der Waals surface area contributed by atoms with E-state index in [2.05, 4.69) is 27.2 Å². The summed E-state index contributed by atoms with van der Waals surface area (Å²) in [5.74, 6) is 1.02. The Morgan fingerprint density at radius 2 is 1.83 bits per heavy atom. The maximum Gasteiger partial charge on any atom is 0.228 e. The van der Waals surface area contributed by atoms with Gasteiger partial charge in [-0.15, -0.1) is 0 Å². The van der Waals surface area contributed by atoms with E-state index in [-0.39, 0.29) is 23.1 Å². The minimum absolute atomic E-state index is 0.134. The Bertz CT molecular complexity index is 1700. The molecule has 0 saturated carbocycles. The summed E-state index contributed by atoms with van der Waals surface area (Å²) in [5.41, 5.74) is 2.86. The lowest BCUT2D eigenvalue weighted by atomic mass is 10.1. The van der Waals surface area contributed by atoms with Crippen molar-refractivity contribution in [1.82, 2.24) is 19.7 Å². The minimum atomic E-state index is -3.48. The second-order valence-electron chi connectivity index (χ2n) is 11.9. The van der Waals surface area contributed by atoms with Gasteiger partial charge in [-0.1, -0.05) is 19.1 Å². The maximum atomic E-state index is 13.5. The fourth-order valence-electron chi connectivity index (χ4n) is 5.29. The molecular weight excluding hydrogens is 550 g/mol. The van der Waals surface area contributed by atoms with E-state index in [9.17, 15) is 13.2 Å². The van der Waals surface area contributed by atoms with Crippen molar-refractivity contribution < 1.29 is 17.9 Å². The molecule has 222 valence electrons. The Kier molecular flexibility index (Phi) is 8.39. The highest BCUT2D eigenvalue weighted by atomic mass is 32.2. The number of pyridine rings is 1. The Labute approximate surface area is 247 Å². The summed E-state index contributed by atoms with van der Waals surface area (Å²) in [6.45, 7) is 12.7. The summed E-state index contributed by atoms with van der Waals surface area (Å²) in [4.78, 5) is 19.7. The molecule has 3 heterocycles. The lowest BCUT2D eigenvalue weighted by molar-refractivity contribution is -0.115. The first-order chi connectivity index (χ1) is 19.9. The third kappa shape index (κ3) is 6.50. The fourth-order valence-corrected chi connectivity index (χ4v) is 7.05. The van der Waals surface area contributed by atoms with Crippen molar-refractivity contribution in [3.8, 4) is 11.5 Å². The van der Waals surface area contributed by atoms with Crippen LogP contribution in [-0.4, -0.2) is 58.9 Å². The third-order valence-electron chi connectivity index (χ3n) is 7.80. The summed E-state index contributed by atoms with van der Waals surface area (Å²) < 4.78 is 35.2. The van der Waals surface area contributed by atoms with Crippen molar-refractivity contribution in [2.24, 2.45) is 0 Å². The number of aromatic nitrogens is 3. The Morgan fingerprint density at radius 1 is 1.07 bits per heavy atom. The monoisotopic (exact) mass is 589 g/mol. The number of likely N-dealkylation sites (tertiary alicyclic amines) is 1. The van der Waals surface area contributed by atoms with Crippen LogP contribution in [0.5, 0.6) is 11.5 Å². The Balaban J connectivity index is 1.31. The number of benzene rings is 2. The van der Waals surface area contributed by atoms with Crippen LogP contribution in [0.4, 0.5) is 5.69 Å². The van der Waals surface area contributed by atoms with Gasteiger partial charge in [0.15, 0.2) is 9.84 Å².